The maximum atomic E-state index is 13.5. The highest BCUT2D eigenvalue weighted by Crippen LogP contribution is 2.23. The van der Waals surface area contributed by atoms with Crippen LogP contribution in [0, 0.1) is 0 Å². The third-order valence-corrected chi connectivity index (χ3v) is 7.71. The SMILES string of the molecule is O=C(NCc1ccc(Cl)cc1)c1n[nH]c2c(CCCn3cnc(Cl)c3Cl)cc(CN3CCOCC3)cc2c1=O. The molecule has 39 heavy (non-hydrogen) atoms. The number of aromatic amines is 1. The van der Waals surface area contributed by atoms with E-state index in [0.717, 1.165) is 36.2 Å². The summed E-state index contributed by atoms with van der Waals surface area (Å²) >= 11 is 18.1. The predicted molar refractivity (Wildman–Crippen MR) is 152 cm³/mol. The lowest BCUT2D eigenvalue weighted by Gasteiger charge is -2.27. The predicted octanol–water partition coefficient (Wildman–Crippen LogP) is 4.47. The topological polar surface area (TPSA) is 105 Å². The first-order valence-corrected chi connectivity index (χ1v) is 13.8. The molecule has 1 aliphatic rings. The van der Waals surface area contributed by atoms with Crippen LogP contribution in [-0.2, 0) is 30.8 Å². The van der Waals surface area contributed by atoms with Crippen molar-refractivity contribution in [2.24, 2.45) is 0 Å². The van der Waals surface area contributed by atoms with Crippen LogP contribution in [0.3, 0.4) is 0 Å². The molecule has 0 bridgehead atoms. The zero-order valence-electron chi connectivity index (χ0n) is 21.1. The number of ether oxygens (including phenoxy) is 1. The summed E-state index contributed by atoms with van der Waals surface area (Å²) in [5.74, 6) is -0.542. The molecule has 0 spiro atoms. The summed E-state index contributed by atoms with van der Waals surface area (Å²) in [6.07, 6.45) is 2.99. The Morgan fingerprint density at radius 3 is 2.56 bits per heavy atom. The molecule has 1 amide bonds. The molecule has 1 aliphatic heterocycles. The number of H-pyrrole nitrogens is 1. The quantitative estimate of drug-likeness (QED) is 0.298. The van der Waals surface area contributed by atoms with Crippen molar-refractivity contribution in [3.8, 4) is 0 Å². The van der Waals surface area contributed by atoms with Gasteiger partial charge in [-0.05, 0) is 47.7 Å². The van der Waals surface area contributed by atoms with Crippen LogP contribution in [0.2, 0.25) is 15.3 Å². The van der Waals surface area contributed by atoms with Crippen LogP contribution in [0.5, 0.6) is 0 Å². The number of fused-ring (bicyclic) bond motifs is 1. The number of hydrogen-bond donors (Lipinski definition) is 2. The van der Waals surface area contributed by atoms with Gasteiger partial charge in [-0.2, -0.15) is 5.10 Å². The molecule has 1 saturated heterocycles. The molecule has 1 fully saturated rings. The Labute approximate surface area is 240 Å². The second-order valence-electron chi connectivity index (χ2n) is 9.40. The Hall–Kier alpha value is -2.95. The third-order valence-electron chi connectivity index (χ3n) is 6.69. The number of benzene rings is 2. The number of aryl methyl sites for hydroxylation is 2. The highest BCUT2D eigenvalue weighted by Gasteiger charge is 2.19. The number of carbonyl (C=O) groups excluding carboxylic acids is 1. The number of rotatable bonds is 9. The van der Waals surface area contributed by atoms with Gasteiger partial charge >= 0.3 is 0 Å². The number of carbonyl (C=O) groups is 1. The first-order valence-electron chi connectivity index (χ1n) is 12.6. The molecule has 0 aliphatic carbocycles. The molecule has 12 heteroatoms. The van der Waals surface area contributed by atoms with Crippen LogP contribution in [0.4, 0.5) is 0 Å². The lowest BCUT2D eigenvalue weighted by Crippen LogP contribution is -2.35. The van der Waals surface area contributed by atoms with E-state index in [1.165, 1.54) is 0 Å². The minimum atomic E-state index is -0.542. The van der Waals surface area contributed by atoms with Crippen molar-refractivity contribution < 1.29 is 9.53 Å². The molecule has 0 saturated carbocycles. The van der Waals surface area contributed by atoms with Crippen molar-refractivity contribution in [2.45, 2.75) is 32.5 Å². The Balaban J connectivity index is 1.41. The van der Waals surface area contributed by atoms with Crippen molar-refractivity contribution >= 4 is 51.6 Å². The molecule has 204 valence electrons. The maximum Gasteiger partial charge on any atom is 0.276 e. The van der Waals surface area contributed by atoms with Crippen LogP contribution in [0.1, 0.15) is 33.6 Å². The number of aromatic nitrogens is 4. The minimum Gasteiger partial charge on any atom is -0.379 e. The zero-order valence-corrected chi connectivity index (χ0v) is 23.3. The fourth-order valence-electron chi connectivity index (χ4n) is 4.64. The van der Waals surface area contributed by atoms with Gasteiger partial charge in [0.25, 0.3) is 5.91 Å². The Bertz CT molecular complexity index is 1530. The van der Waals surface area contributed by atoms with Crippen LogP contribution < -0.4 is 10.7 Å². The van der Waals surface area contributed by atoms with E-state index in [9.17, 15) is 9.59 Å². The number of nitrogens with one attached hydrogen (secondary N) is 2. The van der Waals surface area contributed by atoms with Crippen LogP contribution in [0.25, 0.3) is 10.9 Å². The summed E-state index contributed by atoms with van der Waals surface area (Å²) < 4.78 is 7.26. The van der Waals surface area contributed by atoms with E-state index in [4.69, 9.17) is 39.5 Å². The van der Waals surface area contributed by atoms with Crippen LogP contribution in [-0.4, -0.2) is 56.9 Å². The monoisotopic (exact) mass is 588 g/mol. The van der Waals surface area contributed by atoms with E-state index >= 15 is 0 Å². The van der Waals surface area contributed by atoms with Gasteiger partial charge in [0.1, 0.15) is 5.15 Å². The third kappa shape index (κ3) is 6.62. The normalized spacial score (nSPS) is 14.1. The number of imidazole rings is 1. The molecule has 2 aromatic carbocycles. The van der Waals surface area contributed by atoms with Crippen molar-refractivity contribution in [3.63, 3.8) is 0 Å². The van der Waals surface area contributed by atoms with Gasteiger partial charge < -0.3 is 14.6 Å². The Morgan fingerprint density at radius 1 is 1.08 bits per heavy atom. The average Bonchev–Trinajstić information content (AvgIpc) is 3.26. The minimum absolute atomic E-state index is 0.175. The van der Waals surface area contributed by atoms with Gasteiger partial charge in [0.15, 0.2) is 10.8 Å². The number of hydrogen-bond acceptors (Lipinski definition) is 6. The van der Waals surface area contributed by atoms with Crippen molar-refractivity contribution in [1.82, 2.24) is 30.0 Å². The van der Waals surface area contributed by atoms with Gasteiger partial charge in [0, 0.05) is 37.7 Å². The van der Waals surface area contributed by atoms with Crippen LogP contribution in [0.15, 0.2) is 47.5 Å². The summed E-state index contributed by atoms with van der Waals surface area (Å²) in [5.41, 5.74) is 2.83. The molecule has 9 nitrogen and oxygen atoms in total. The van der Waals surface area contributed by atoms with Gasteiger partial charge in [-0.25, -0.2) is 4.98 Å². The first kappa shape index (κ1) is 27.6. The molecule has 0 unspecified atom stereocenters. The average molecular weight is 590 g/mol. The number of amides is 1. The van der Waals surface area contributed by atoms with Gasteiger partial charge in [0.2, 0.25) is 5.43 Å². The molecule has 0 atom stereocenters. The number of nitrogens with zero attached hydrogens (tertiary/aromatic N) is 4. The summed E-state index contributed by atoms with van der Waals surface area (Å²) in [4.78, 5) is 32.8. The van der Waals surface area contributed by atoms with E-state index in [0.29, 0.717) is 53.8 Å². The van der Waals surface area contributed by atoms with E-state index in [2.05, 4.69) is 31.5 Å². The lowest BCUT2D eigenvalue weighted by atomic mass is 10.0. The van der Waals surface area contributed by atoms with E-state index in [1.807, 2.05) is 18.2 Å². The summed E-state index contributed by atoms with van der Waals surface area (Å²) in [7, 11) is 0. The molecule has 2 N–H and O–H groups in total. The first-order chi connectivity index (χ1) is 18.9. The Morgan fingerprint density at radius 2 is 1.85 bits per heavy atom. The van der Waals surface area contributed by atoms with Gasteiger partial charge in [-0.15, -0.1) is 0 Å². The van der Waals surface area contributed by atoms with E-state index in [1.54, 1.807) is 23.0 Å². The number of halogens is 3. The molecule has 2 aromatic heterocycles. The molecule has 0 radical (unpaired) electrons. The van der Waals surface area contributed by atoms with Crippen molar-refractivity contribution in [1.29, 1.82) is 0 Å². The molecular formula is C27H27Cl3N6O3. The number of morpholine rings is 1. The zero-order chi connectivity index (χ0) is 27.4. The maximum absolute atomic E-state index is 13.5. The smallest absolute Gasteiger partial charge is 0.276 e. The Kier molecular flexibility index (Phi) is 8.84. The molecule has 5 rings (SSSR count). The molecular weight excluding hydrogens is 563 g/mol. The van der Waals surface area contributed by atoms with Gasteiger partial charge in [-0.1, -0.05) is 53.0 Å². The largest absolute Gasteiger partial charge is 0.379 e. The lowest BCUT2D eigenvalue weighted by molar-refractivity contribution is 0.0342. The highest BCUT2D eigenvalue weighted by molar-refractivity contribution is 6.40. The van der Waals surface area contributed by atoms with E-state index in [-0.39, 0.29) is 17.4 Å². The van der Waals surface area contributed by atoms with Crippen molar-refractivity contribution in [2.75, 3.05) is 26.3 Å². The highest BCUT2D eigenvalue weighted by atomic mass is 35.5. The van der Waals surface area contributed by atoms with Crippen molar-refractivity contribution in [3.05, 3.63) is 90.7 Å². The van der Waals surface area contributed by atoms with E-state index < -0.39 is 11.3 Å². The second-order valence-corrected chi connectivity index (χ2v) is 10.6. The van der Waals surface area contributed by atoms with Gasteiger partial charge in [0.05, 0.1) is 30.4 Å². The van der Waals surface area contributed by atoms with Gasteiger partial charge in [-0.3, -0.25) is 19.6 Å². The fraction of sp³-hybridized carbons (Fsp3) is 0.333. The summed E-state index contributed by atoms with van der Waals surface area (Å²) in [6, 6.07) is 11.1. The summed E-state index contributed by atoms with van der Waals surface area (Å²) in [5, 5.41) is 11.6. The standard InChI is InChI=1S/C27H27Cl3N6O3/c28-20-5-3-17(4-6-20)14-31-27(38)23-24(37)21-13-18(15-35-8-10-39-11-9-35)12-19(22(21)33-34-23)2-1-7-36-16-32-25(29)26(36)30/h3-6,12-13,16H,1-2,7-11,14-15H2,(H,31,38)(H,33,37). The summed E-state index contributed by atoms with van der Waals surface area (Å²) in [6.45, 7) is 4.52. The molecule has 4 aromatic rings. The fourth-order valence-corrected chi connectivity index (χ4v) is 5.09. The van der Waals surface area contributed by atoms with Crippen LogP contribution >= 0.6 is 34.8 Å². The second kappa shape index (κ2) is 12.5. The molecule has 3 heterocycles.